The molecule has 1 aliphatic rings. The second-order valence-corrected chi connectivity index (χ2v) is 2.99. The molecule has 0 saturated carbocycles. The van der Waals surface area contributed by atoms with E-state index >= 15 is 0 Å². The highest BCUT2D eigenvalue weighted by atomic mass is 35.5. The highest BCUT2D eigenvalue weighted by Gasteiger charge is 2.15. The molecule has 1 aromatic rings. The van der Waals surface area contributed by atoms with Crippen LogP contribution in [-0.2, 0) is 9.78 Å². The largest absolute Gasteiger partial charge is 0.372 e. The normalized spacial score (nSPS) is 14.9. The van der Waals surface area contributed by atoms with Crippen molar-refractivity contribution in [1.29, 1.82) is 0 Å². The summed E-state index contributed by atoms with van der Waals surface area (Å²) < 4.78 is 0. The summed E-state index contributed by atoms with van der Waals surface area (Å²) >= 11 is 5.66. The van der Waals surface area contributed by atoms with Crippen molar-refractivity contribution in [2.75, 3.05) is 19.0 Å². The van der Waals surface area contributed by atoms with Crippen molar-refractivity contribution in [1.82, 2.24) is 9.97 Å². The SMILES string of the molecule is CNc1nc(Cl)ncc1C1=COOC1. The molecule has 1 aromatic heterocycles. The fraction of sp³-hybridized carbons (Fsp3) is 0.250. The van der Waals surface area contributed by atoms with Crippen molar-refractivity contribution in [3.63, 3.8) is 0 Å². The van der Waals surface area contributed by atoms with Gasteiger partial charge in [0.05, 0.1) is 0 Å². The quantitative estimate of drug-likeness (QED) is 0.596. The summed E-state index contributed by atoms with van der Waals surface area (Å²) in [6.45, 7) is 0.389. The monoisotopic (exact) mass is 213 g/mol. The molecule has 0 unspecified atom stereocenters. The Labute approximate surface area is 85.6 Å². The van der Waals surface area contributed by atoms with Crippen LogP contribution in [0.4, 0.5) is 5.82 Å². The number of aromatic nitrogens is 2. The van der Waals surface area contributed by atoms with E-state index in [0.717, 1.165) is 11.1 Å². The van der Waals surface area contributed by atoms with Gasteiger partial charge in [-0.15, -0.1) is 0 Å². The average molecular weight is 214 g/mol. The van der Waals surface area contributed by atoms with E-state index in [1.54, 1.807) is 13.2 Å². The molecule has 0 spiro atoms. The molecule has 0 atom stereocenters. The van der Waals surface area contributed by atoms with Gasteiger partial charge in [-0.2, -0.15) is 4.89 Å². The Kier molecular flexibility index (Phi) is 2.51. The van der Waals surface area contributed by atoms with E-state index in [2.05, 4.69) is 20.2 Å². The van der Waals surface area contributed by atoms with Crippen LogP contribution in [0.3, 0.4) is 0 Å². The van der Waals surface area contributed by atoms with Crippen LogP contribution in [-0.4, -0.2) is 23.6 Å². The molecule has 6 heteroatoms. The van der Waals surface area contributed by atoms with Crippen LogP contribution in [0.2, 0.25) is 5.28 Å². The summed E-state index contributed by atoms with van der Waals surface area (Å²) in [4.78, 5) is 17.3. The molecule has 0 radical (unpaired) electrons. The number of nitrogens with one attached hydrogen (secondary N) is 1. The first-order valence-electron chi connectivity index (χ1n) is 3.99. The smallest absolute Gasteiger partial charge is 0.224 e. The number of nitrogens with zero attached hydrogens (tertiary/aromatic N) is 2. The van der Waals surface area contributed by atoms with E-state index in [4.69, 9.17) is 16.5 Å². The van der Waals surface area contributed by atoms with Crippen molar-refractivity contribution in [2.45, 2.75) is 0 Å². The van der Waals surface area contributed by atoms with Crippen LogP contribution in [0.25, 0.3) is 5.57 Å². The van der Waals surface area contributed by atoms with Gasteiger partial charge in [-0.25, -0.2) is 9.97 Å². The van der Waals surface area contributed by atoms with Gasteiger partial charge >= 0.3 is 0 Å². The minimum Gasteiger partial charge on any atom is -0.372 e. The van der Waals surface area contributed by atoms with E-state index in [1.165, 1.54) is 6.26 Å². The van der Waals surface area contributed by atoms with E-state index in [0.29, 0.717) is 12.4 Å². The maximum atomic E-state index is 5.66. The molecule has 0 amide bonds. The third-order valence-corrected chi connectivity index (χ3v) is 2.00. The summed E-state index contributed by atoms with van der Waals surface area (Å²) in [6, 6.07) is 0. The molecule has 14 heavy (non-hydrogen) atoms. The Balaban J connectivity index is 2.41. The van der Waals surface area contributed by atoms with Crippen LogP contribution >= 0.6 is 11.6 Å². The molecule has 2 heterocycles. The van der Waals surface area contributed by atoms with Crippen LogP contribution in [0.15, 0.2) is 12.5 Å². The highest BCUT2D eigenvalue weighted by molar-refractivity contribution is 6.28. The molecule has 0 bridgehead atoms. The maximum absolute atomic E-state index is 5.66. The first-order valence-corrected chi connectivity index (χ1v) is 4.37. The molecular weight excluding hydrogens is 206 g/mol. The van der Waals surface area contributed by atoms with Gasteiger partial charge in [0.1, 0.15) is 18.7 Å². The zero-order chi connectivity index (χ0) is 9.97. The van der Waals surface area contributed by atoms with Gasteiger partial charge in [0.15, 0.2) is 0 Å². The van der Waals surface area contributed by atoms with Crippen LogP contribution < -0.4 is 5.32 Å². The number of rotatable bonds is 2. The molecule has 0 saturated heterocycles. The molecule has 5 nitrogen and oxygen atoms in total. The first-order chi connectivity index (χ1) is 6.81. The number of anilines is 1. The van der Waals surface area contributed by atoms with Gasteiger partial charge < -0.3 is 10.2 Å². The highest BCUT2D eigenvalue weighted by Crippen LogP contribution is 2.25. The Bertz CT molecular complexity index is 381. The predicted molar refractivity (Wildman–Crippen MR) is 51.6 cm³/mol. The lowest BCUT2D eigenvalue weighted by molar-refractivity contribution is -0.220. The lowest BCUT2D eigenvalue weighted by Crippen LogP contribution is -2.01. The van der Waals surface area contributed by atoms with Crippen LogP contribution in [0, 0.1) is 0 Å². The third kappa shape index (κ3) is 1.64. The van der Waals surface area contributed by atoms with Crippen molar-refractivity contribution < 1.29 is 9.78 Å². The minimum atomic E-state index is 0.207. The van der Waals surface area contributed by atoms with Crippen molar-refractivity contribution in [2.24, 2.45) is 0 Å². The predicted octanol–water partition coefficient (Wildman–Crippen LogP) is 1.47. The van der Waals surface area contributed by atoms with Gasteiger partial charge in [-0.3, -0.25) is 0 Å². The van der Waals surface area contributed by atoms with Gasteiger partial charge in [0.2, 0.25) is 5.28 Å². The molecular formula is C8H8ClN3O2. The molecule has 2 rings (SSSR count). The third-order valence-electron chi connectivity index (χ3n) is 1.81. The molecule has 1 N–H and O–H groups in total. The topological polar surface area (TPSA) is 56.3 Å². The zero-order valence-electron chi connectivity index (χ0n) is 7.45. The maximum Gasteiger partial charge on any atom is 0.224 e. The summed E-state index contributed by atoms with van der Waals surface area (Å²) in [6.07, 6.45) is 3.15. The van der Waals surface area contributed by atoms with E-state index in [-0.39, 0.29) is 5.28 Å². The lowest BCUT2D eigenvalue weighted by atomic mass is 10.1. The van der Waals surface area contributed by atoms with Gasteiger partial charge in [-0.1, -0.05) is 0 Å². The summed E-state index contributed by atoms with van der Waals surface area (Å²) in [5.41, 5.74) is 1.71. The number of hydrogen-bond acceptors (Lipinski definition) is 5. The second kappa shape index (κ2) is 3.81. The van der Waals surface area contributed by atoms with Gasteiger partial charge in [0, 0.05) is 24.4 Å². The minimum absolute atomic E-state index is 0.207. The Hall–Kier alpha value is -1.33. The summed E-state index contributed by atoms with van der Waals surface area (Å²) in [7, 11) is 1.76. The van der Waals surface area contributed by atoms with E-state index in [1.807, 2.05) is 0 Å². The van der Waals surface area contributed by atoms with Crippen molar-refractivity contribution >= 4 is 23.0 Å². The average Bonchev–Trinajstić information content (AvgIpc) is 2.70. The molecule has 0 fully saturated rings. The molecule has 0 aliphatic carbocycles. The Morgan fingerprint density at radius 1 is 1.57 bits per heavy atom. The van der Waals surface area contributed by atoms with Crippen molar-refractivity contribution in [3.8, 4) is 0 Å². The zero-order valence-corrected chi connectivity index (χ0v) is 8.21. The first kappa shape index (κ1) is 9.23. The van der Waals surface area contributed by atoms with E-state index in [9.17, 15) is 0 Å². The fourth-order valence-corrected chi connectivity index (χ4v) is 1.28. The Morgan fingerprint density at radius 3 is 3.07 bits per heavy atom. The molecule has 0 aromatic carbocycles. The molecule has 74 valence electrons. The summed E-state index contributed by atoms with van der Waals surface area (Å²) in [5, 5.41) is 3.13. The van der Waals surface area contributed by atoms with Gasteiger partial charge in [0.25, 0.3) is 0 Å². The van der Waals surface area contributed by atoms with Crippen LogP contribution in [0.1, 0.15) is 5.56 Å². The van der Waals surface area contributed by atoms with Gasteiger partial charge in [-0.05, 0) is 11.6 Å². The van der Waals surface area contributed by atoms with Crippen LogP contribution in [0.5, 0.6) is 0 Å². The number of hydrogen-bond donors (Lipinski definition) is 1. The summed E-state index contributed by atoms with van der Waals surface area (Å²) in [5.74, 6) is 0.658. The lowest BCUT2D eigenvalue weighted by Gasteiger charge is -2.06. The fourth-order valence-electron chi connectivity index (χ4n) is 1.15. The standard InChI is InChI=1S/C8H8ClN3O2/c1-10-7-6(2-11-8(9)12-7)5-3-13-14-4-5/h2-3H,4H2,1H3,(H,10,11,12). The van der Waals surface area contributed by atoms with E-state index < -0.39 is 0 Å². The number of halogens is 1. The molecule has 1 aliphatic heterocycles. The second-order valence-electron chi connectivity index (χ2n) is 2.65. The Morgan fingerprint density at radius 2 is 2.43 bits per heavy atom. The van der Waals surface area contributed by atoms with Crippen molar-refractivity contribution in [3.05, 3.63) is 23.3 Å².